The quantitative estimate of drug-likeness (QED) is 0.560. The van der Waals surface area contributed by atoms with Gasteiger partial charge in [-0.15, -0.1) is 0 Å². The summed E-state index contributed by atoms with van der Waals surface area (Å²) >= 11 is 3.43. The van der Waals surface area contributed by atoms with Crippen LogP contribution in [0, 0.1) is 17.0 Å². The standard InChI is InChI=1S/C17H19BrN4O3/c1-12-19-16(22(24)25)11-20(12)10-8-17(23)21-9-2-3-15(21)13-4-6-14(18)7-5-13/h4-7,11,15H,2-3,8-10H2,1H3. The maximum atomic E-state index is 12.7. The van der Waals surface area contributed by atoms with E-state index in [4.69, 9.17) is 0 Å². The Morgan fingerprint density at radius 1 is 1.40 bits per heavy atom. The van der Waals surface area contributed by atoms with Crippen molar-refractivity contribution in [2.75, 3.05) is 6.54 Å². The SMILES string of the molecule is Cc1nc([N+](=O)[O-])cn1CCC(=O)N1CCCC1c1ccc(Br)cc1. The van der Waals surface area contributed by atoms with Crippen LogP contribution in [0.1, 0.15) is 36.7 Å². The van der Waals surface area contributed by atoms with E-state index < -0.39 is 4.92 Å². The van der Waals surface area contributed by atoms with Gasteiger partial charge >= 0.3 is 5.82 Å². The maximum Gasteiger partial charge on any atom is 0.381 e. The van der Waals surface area contributed by atoms with Gasteiger partial charge in [0.05, 0.1) is 6.04 Å². The Hall–Kier alpha value is -2.22. The van der Waals surface area contributed by atoms with Crippen molar-refractivity contribution >= 4 is 27.7 Å². The molecule has 3 rings (SSSR count). The Bertz CT molecular complexity index is 788. The Kier molecular flexibility index (Phi) is 5.17. The van der Waals surface area contributed by atoms with Gasteiger partial charge in [0.1, 0.15) is 6.20 Å². The van der Waals surface area contributed by atoms with Crippen LogP contribution < -0.4 is 0 Å². The molecule has 1 atom stereocenters. The number of benzene rings is 1. The van der Waals surface area contributed by atoms with Crippen molar-refractivity contribution in [2.45, 2.75) is 38.8 Å². The van der Waals surface area contributed by atoms with Gasteiger partial charge in [0.25, 0.3) is 0 Å². The topological polar surface area (TPSA) is 81.3 Å². The molecule has 1 fully saturated rings. The lowest BCUT2D eigenvalue weighted by Gasteiger charge is -2.25. The Labute approximate surface area is 153 Å². The third kappa shape index (κ3) is 3.89. The number of likely N-dealkylation sites (tertiary alicyclic amines) is 1. The number of aromatic nitrogens is 2. The van der Waals surface area contributed by atoms with Gasteiger partial charge in [-0.1, -0.05) is 28.1 Å². The van der Waals surface area contributed by atoms with Crippen LogP contribution in [-0.4, -0.2) is 31.8 Å². The molecule has 25 heavy (non-hydrogen) atoms. The molecule has 8 heteroatoms. The predicted octanol–water partition coefficient (Wildman–Crippen LogP) is 3.62. The minimum Gasteiger partial charge on any atom is -0.358 e. The number of rotatable bonds is 5. The smallest absolute Gasteiger partial charge is 0.358 e. The summed E-state index contributed by atoms with van der Waals surface area (Å²) in [5, 5.41) is 10.8. The Morgan fingerprint density at radius 3 is 2.76 bits per heavy atom. The van der Waals surface area contributed by atoms with Crippen molar-refractivity contribution in [3.63, 3.8) is 0 Å². The van der Waals surface area contributed by atoms with Crippen molar-refractivity contribution in [3.05, 3.63) is 56.4 Å². The molecular weight excluding hydrogens is 388 g/mol. The molecule has 1 aliphatic rings. The number of nitro groups is 1. The lowest BCUT2D eigenvalue weighted by atomic mass is 10.0. The summed E-state index contributed by atoms with van der Waals surface area (Å²) in [5.74, 6) is 0.436. The van der Waals surface area contributed by atoms with Crippen LogP contribution in [0.5, 0.6) is 0 Å². The number of aryl methyl sites for hydroxylation is 2. The molecule has 1 aromatic heterocycles. The summed E-state index contributed by atoms with van der Waals surface area (Å²) in [5.41, 5.74) is 1.14. The van der Waals surface area contributed by atoms with Gasteiger partial charge in [-0.05, 0) is 40.4 Å². The number of hydrogen-bond donors (Lipinski definition) is 0. The largest absolute Gasteiger partial charge is 0.381 e. The fourth-order valence-corrected chi connectivity index (χ4v) is 3.53. The van der Waals surface area contributed by atoms with E-state index in [2.05, 4.69) is 20.9 Å². The molecule has 2 heterocycles. The van der Waals surface area contributed by atoms with Gasteiger partial charge in [0.15, 0.2) is 0 Å². The molecule has 0 aliphatic carbocycles. The Morgan fingerprint density at radius 2 is 2.12 bits per heavy atom. The highest BCUT2D eigenvalue weighted by molar-refractivity contribution is 9.10. The molecule has 1 saturated heterocycles. The average molecular weight is 407 g/mol. The summed E-state index contributed by atoms with van der Waals surface area (Å²) < 4.78 is 2.69. The van der Waals surface area contributed by atoms with Gasteiger partial charge in [-0.2, -0.15) is 0 Å². The van der Waals surface area contributed by atoms with E-state index in [9.17, 15) is 14.9 Å². The molecule has 0 radical (unpaired) electrons. The van der Waals surface area contributed by atoms with Gasteiger partial charge < -0.3 is 19.6 Å². The molecule has 0 spiro atoms. The van der Waals surface area contributed by atoms with Crippen molar-refractivity contribution in [2.24, 2.45) is 0 Å². The van der Waals surface area contributed by atoms with Gasteiger partial charge in [0.2, 0.25) is 11.7 Å². The molecular formula is C17H19BrN4O3. The van der Waals surface area contributed by atoms with Gasteiger partial charge in [0, 0.05) is 30.9 Å². The zero-order chi connectivity index (χ0) is 18.0. The lowest BCUT2D eigenvalue weighted by Crippen LogP contribution is -2.31. The predicted molar refractivity (Wildman–Crippen MR) is 96.1 cm³/mol. The molecule has 132 valence electrons. The number of amides is 1. The first-order valence-electron chi connectivity index (χ1n) is 8.19. The summed E-state index contributed by atoms with van der Waals surface area (Å²) in [6.45, 7) is 2.86. The highest BCUT2D eigenvalue weighted by atomic mass is 79.9. The van der Waals surface area contributed by atoms with Crippen molar-refractivity contribution in [3.8, 4) is 0 Å². The minimum absolute atomic E-state index is 0.0705. The molecule has 1 unspecified atom stereocenters. The number of carbonyl (C=O) groups is 1. The van der Waals surface area contributed by atoms with Crippen LogP contribution >= 0.6 is 15.9 Å². The van der Waals surface area contributed by atoms with E-state index in [1.165, 1.54) is 6.20 Å². The van der Waals surface area contributed by atoms with Crippen LogP contribution in [0.4, 0.5) is 5.82 Å². The number of nitrogens with zero attached hydrogens (tertiary/aromatic N) is 4. The first kappa shape index (κ1) is 17.6. The third-order valence-electron chi connectivity index (χ3n) is 4.54. The number of carbonyl (C=O) groups excluding carboxylic acids is 1. The molecule has 2 aromatic rings. The summed E-state index contributed by atoms with van der Waals surface area (Å²) in [6.07, 6.45) is 3.64. The Balaban J connectivity index is 1.66. The molecule has 0 saturated carbocycles. The second-order valence-electron chi connectivity index (χ2n) is 6.14. The molecule has 7 nitrogen and oxygen atoms in total. The summed E-state index contributed by atoms with van der Waals surface area (Å²) in [6, 6.07) is 8.18. The average Bonchev–Trinajstić information content (AvgIpc) is 3.20. The van der Waals surface area contributed by atoms with Crippen molar-refractivity contribution in [1.29, 1.82) is 0 Å². The molecule has 1 amide bonds. The monoisotopic (exact) mass is 406 g/mol. The number of hydrogen-bond acceptors (Lipinski definition) is 4. The van der Waals surface area contributed by atoms with Crippen LogP contribution in [0.3, 0.4) is 0 Å². The van der Waals surface area contributed by atoms with Gasteiger partial charge in [-0.3, -0.25) is 4.79 Å². The highest BCUT2D eigenvalue weighted by Gasteiger charge is 2.29. The van der Waals surface area contributed by atoms with E-state index in [0.29, 0.717) is 18.8 Å². The van der Waals surface area contributed by atoms with E-state index in [0.717, 1.165) is 29.4 Å². The summed E-state index contributed by atoms with van der Waals surface area (Å²) in [4.78, 5) is 28.8. The zero-order valence-corrected chi connectivity index (χ0v) is 15.5. The van der Waals surface area contributed by atoms with Crippen LogP contribution in [0.2, 0.25) is 0 Å². The molecule has 0 bridgehead atoms. The molecule has 0 N–H and O–H groups in total. The molecule has 1 aromatic carbocycles. The van der Waals surface area contributed by atoms with E-state index in [1.807, 2.05) is 29.2 Å². The van der Waals surface area contributed by atoms with Crippen LogP contribution in [-0.2, 0) is 11.3 Å². The first-order chi connectivity index (χ1) is 12.0. The highest BCUT2D eigenvalue weighted by Crippen LogP contribution is 2.33. The van der Waals surface area contributed by atoms with Crippen molar-refractivity contribution in [1.82, 2.24) is 14.5 Å². The number of halogens is 1. The summed E-state index contributed by atoms with van der Waals surface area (Å²) in [7, 11) is 0. The van der Waals surface area contributed by atoms with Crippen LogP contribution in [0.25, 0.3) is 0 Å². The van der Waals surface area contributed by atoms with Crippen LogP contribution in [0.15, 0.2) is 34.9 Å². The third-order valence-corrected chi connectivity index (χ3v) is 5.07. The minimum atomic E-state index is -0.518. The van der Waals surface area contributed by atoms with E-state index >= 15 is 0 Å². The van der Waals surface area contributed by atoms with Gasteiger partial charge in [-0.25, -0.2) is 0 Å². The second kappa shape index (κ2) is 7.35. The fraction of sp³-hybridized carbons (Fsp3) is 0.412. The normalized spacial score (nSPS) is 17.0. The van der Waals surface area contributed by atoms with E-state index in [-0.39, 0.29) is 17.8 Å². The lowest BCUT2D eigenvalue weighted by molar-refractivity contribution is -0.389. The fourth-order valence-electron chi connectivity index (χ4n) is 3.26. The first-order valence-corrected chi connectivity index (χ1v) is 8.98. The van der Waals surface area contributed by atoms with E-state index in [1.54, 1.807) is 11.5 Å². The van der Waals surface area contributed by atoms with Crippen molar-refractivity contribution < 1.29 is 9.72 Å². The maximum absolute atomic E-state index is 12.7. The second-order valence-corrected chi connectivity index (χ2v) is 7.06. The zero-order valence-electron chi connectivity index (χ0n) is 13.9. The molecule has 1 aliphatic heterocycles. The number of imidazole rings is 1.